The summed E-state index contributed by atoms with van der Waals surface area (Å²) in [7, 11) is -1.74. The Labute approximate surface area is 196 Å². The Morgan fingerprint density at radius 2 is 1.00 bits per heavy atom. The zero-order chi connectivity index (χ0) is 23.9. The first kappa shape index (κ1) is 23.7. The van der Waals surface area contributed by atoms with Gasteiger partial charge in [0.2, 0.25) is 0 Å². The van der Waals surface area contributed by atoms with Crippen LogP contribution < -0.4 is 10.9 Å². The average molecular weight is 460 g/mol. The fourth-order valence-electron chi connectivity index (χ4n) is 3.49. The highest BCUT2D eigenvalue weighted by Gasteiger charge is 2.27. The first-order chi connectivity index (χ1) is 16.5. The molecule has 2 aromatic carbocycles. The molecule has 0 unspecified atom stereocenters. The van der Waals surface area contributed by atoms with Crippen LogP contribution in [-0.4, -0.2) is 34.3 Å². The number of hydrogen-bond donors (Lipinski definition) is 2. The molecule has 4 aromatic rings. The molecule has 0 amide bonds. The van der Waals surface area contributed by atoms with Gasteiger partial charge in [0.25, 0.3) is 0 Å². The van der Waals surface area contributed by atoms with Crippen LogP contribution in [0.3, 0.4) is 0 Å². The van der Waals surface area contributed by atoms with Crippen molar-refractivity contribution in [1.82, 2.24) is 9.97 Å². The minimum atomic E-state index is -0.870. The number of rotatable bonds is 1. The Hall–Kier alpha value is -3.43. The lowest BCUT2D eigenvalue weighted by molar-refractivity contribution is 0.274. The van der Waals surface area contributed by atoms with Crippen LogP contribution in [0.2, 0.25) is 0 Å². The molecule has 4 heterocycles. The highest BCUT2D eigenvalue weighted by Crippen LogP contribution is 2.15. The van der Waals surface area contributed by atoms with Crippen molar-refractivity contribution in [2.24, 2.45) is 0 Å². The van der Waals surface area contributed by atoms with Crippen LogP contribution in [-0.2, 0) is 22.5 Å². The summed E-state index contributed by atoms with van der Waals surface area (Å²) in [6, 6.07) is 16.4. The highest BCUT2D eigenvalue weighted by atomic mass is 19.1. The van der Waals surface area contributed by atoms with Crippen molar-refractivity contribution >= 4 is 25.2 Å². The Balaban J connectivity index is 0.000000121. The van der Waals surface area contributed by atoms with Crippen molar-refractivity contribution < 1.29 is 28.1 Å². The summed E-state index contributed by atoms with van der Waals surface area (Å²) in [5, 5.41) is 18.3. The second-order valence-corrected chi connectivity index (χ2v) is 7.48. The predicted molar refractivity (Wildman–Crippen MR) is 125 cm³/mol. The maximum atomic E-state index is 12.6. The van der Waals surface area contributed by atoms with Crippen molar-refractivity contribution in [3.63, 3.8) is 0 Å². The van der Waals surface area contributed by atoms with Crippen molar-refractivity contribution in [2.45, 2.75) is 13.2 Å². The molecule has 2 aliphatic rings. The van der Waals surface area contributed by atoms with E-state index in [4.69, 9.17) is 19.4 Å². The van der Waals surface area contributed by atoms with E-state index < -0.39 is 14.2 Å². The number of fused-ring (bicyclic) bond motifs is 2. The van der Waals surface area contributed by atoms with Gasteiger partial charge in [0.15, 0.2) is 0 Å². The summed E-state index contributed by atoms with van der Waals surface area (Å²) < 4.78 is 34.8. The van der Waals surface area contributed by atoms with Gasteiger partial charge in [-0.25, -0.2) is 8.78 Å². The van der Waals surface area contributed by atoms with Gasteiger partial charge in [-0.1, -0.05) is 12.1 Å². The van der Waals surface area contributed by atoms with Gasteiger partial charge >= 0.3 is 14.2 Å². The Bertz CT molecular complexity index is 1140. The molecule has 6 rings (SSSR count). The Morgan fingerprint density at radius 3 is 1.38 bits per heavy atom. The van der Waals surface area contributed by atoms with E-state index in [1.54, 1.807) is 36.9 Å². The van der Waals surface area contributed by atoms with Gasteiger partial charge in [-0.05, 0) is 81.7 Å². The first-order valence-corrected chi connectivity index (χ1v) is 10.5. The fraction of sp³-hybridized carbons (Fsp3) is 0.0833. The van der Waals surface area contributed by atoms with Crippen LogP contribution in [0.4, 0.5) is 8.78 Å². The van der Waals surface area contributed by atoms with Crippen LogP contribution in [0, 0.1) is 11.6 Å². The molecule has 170 valence electrons. The third-order valence-corrected chi connectivity index (χ3v) is 5.23. The zero-order valence-corrected chi connectivity index (χ0v) is 18.0. The molecule has 10 heteroatoms. The summed E-state index contributed by atoms with van der Waals surface area (Å²) in [5.74, 6) is -0.581. The number of nitrogens with zero attached hydrogens (tertiary/aromatic N) is 2. The molecular formula is C24H20B2F2N2O4. The summed E-state index contributed by atoms with van der Waals surface area (Å²) in [6.07, 6.45) is 7.15. The molecule has 0 spiro atoms. The van der Waals surface area contributed by atoms with Crippen LogP contribution in [0.25, 0.3) is 11.1 Å². The molecule has 2 N–H and O–H groups in total. The number of hydrogen-bond acceptors (Lipinski definition) is 6. The monoisotopic (exact) mass is 460 g/mol. The molecule has 0 radical (unpaired) electrons. The van der Waals surface area contributed by atoms with E-state index in [1.807, 2.05) is 24.3 Å². The van der Waals surface area contributed by atoms with Gasteiger partial charge in [-0.3, -0.25) is 9.97 Å². The number of benzene rings is 2. The molecule has 0 aliphatic carbocycles. The van der Waals surface area contributed by atoms with Crippen molar-refractivity contribution in [3.8, 4) is 11.1 Å². The summed E-state index contributed by atoms with van der Waals surface area (Å²) in [6.45, 7) is 0.600. The zero-order valence-electron chi connectivity index (χ0n) is 18.0. The van der Waals surface area contributed by atoms with E-state index in [-0.39, 0.29) is 11.6 Å². The van der Waals surface area contributed by atoms with Crippen LogP contribution in [0.15, 0.2) is 85.5 Å². The van der Waals surface area contributed by atoms with E-state index in [1.165, 1.54) is 35.4 Å². The molecule has 34 heavy (non-hydrogen) atoms. The summed E-state index contributed by atoms with van der Waals surface area (Å²) in [5.41, 5.74) is 5.16. The van der Waals surface area contributed by atoms with E-state index in [0.717, 1.165) is 11.1 Å². The van der Waals surface area contributed by atoms with E-state index in [9.17, 15) is 8.78 Å². The van der Waals surface area contributed by atoms with E-state index in [2.05, 4.69) is 9.97 Å². The third kappa shape index (κ3) is 5.92. The lowest BCUT2D eigenvalue weighted by Gasteiger charge is -1.97. The average Bonchev–Trinajstić information content (AvgIpc) is 3.42. The molecule has 0 saturated heterocycles. The molecule has 0 atom stereocenters. The molecule has 0 bridgehead atoms. The molecule has 2 aromatic heterocycles. The van der Waals surface area contributed by atoms with Crippen molar-refractivity contribution in [1.29, 1.82) is 0 Å². The SMILES string of the molecule is OB1OCc2cc(F)ccc21.OB1OCc2cc(F)ccc21.c1cc(-c2ccncc2)ccn1. The topological polar surface area (TPSA) is 84.7 Å². The fourth-order valence-corrected chi connectivity index (χ4v) is 3.49. The van der Waals surface area contributed by atoms with Gasteiger partial charge < -0.3 is 19.4 Å². The first-order valence-electron chi connectivity index (χ1n) is 10.5. The van der Waals surface area contributed by atoms with Crippen LogP contribution >= 0.6 is 0 Å². The summed E-state index contributed by atoms with van der Waals surface area (Å²) in [4.78, 5) is 7.91. The standard InChI is InChI=1S/C10H8N2.2C7H6BFO2/c1-5-11-6-2-9(1)10-3-7-12-8-4-10;2*9-6-1-2-7-5(3-6)4-11-8(7)10/h1-8H;2*1-3,10H,4H2. The second kappa shape index (κ2) is 11.1. The Kier molecular flexibility index (Phi) is 7.76. The molecule has 6 nitrogen and oxygen atoms in total. The van der Waals surface area contributed by atoms with E-state index in [0.29, 0.717) is 24.1 Å². The maximum Gasteiger partial charge on any atom is 0.491 e. The normalized spacial score (nSPS) is 13.3. The largest absolute Gasteiger partial charge is 0.491 e. The third-order valence-electron chi connectivity index (χ3n) is 5.23. The van der Waals surface area contributed by atoms with Crippen LogP contribution in [0.1, 0.15) is 11.1 Å². The van der Waals surface area contributed by atoms with Gasteiger partial charge in [-0.15, -0.1) is 0 Å². The van der Waals surface area contributed by atoms with Gasteiger partial charge in [0, 0.05) is 24.8 Å². The lowest BCUT2D eigenvalue weighted by Crippen LogP contribution is -2.27. The van der Waals surface area contributed by atoms with Crippen molar-refractivity contribution in [3.05, 3.63) is 108 Å². The highest BCUT2D eigenvalue weighted by molar-refractivity contribution is 6.61. The van der Waals surface area contributed by atoms with Gasteiger partial charge in [0.05, 0.1) is 13.2 Å². The van der Waals surface area contributed by atoms with Gasteiger partial charge in [-0.2, -0.15) is 0 Å². The molecule has 0 fully saturated rings. The summed E-state index contributed by atoms with van der Waals surface area (Å²) >= 11 is 0. The quantitative estimate of drug-likeness (QED) is 0.424. The minimum Gasteiger partial charge on any atom is -0.423 e. The van der Waals surface area contributed by atoms with Gasteiger partial charge in [0.1, 0.15) is 11.6 Å². The number of pyridine rings is 2. The predicted octanol–water partition coefficient (Wildman–Crippen LogP) is 2.23. The smallest absolute Gasteiger partial charge is 0.423 e. The molecule has 2 aliphatic heterocycles. The molecule has 0 saturated carbocycles. The molecular weight excluding hydrogens is 440 g/mol. The second-order valence-electron chi connectivity index (χ2n) is 7.48. The van der Waals surface area contributed by atoms with Crippen molar-refractivity contribution in [2.75, 3.05) is 0 Å². The van der Waals surface area contributed by atoms with Crippen LogP contribution in [0.5, 0.6) is 0 Å². The Morgan fingerprint density at radius 1 is 0.618 bits per heavy atom. The van der Waals surface area contributed by atoms with E-state index >= 15 is 0 Å². The maximum absolute atomic E-state index is 12.6. The lowest BCUT2D eigenvalue weighted by atomic mass is 9.80. The number of halogens is 2. The minimum absolute atomic E-state index is 0.290. The number of aromatic nitrogens is 2.